The number of H-pyrrole nitrogens is 1. The number of nitrogens with one attached hydrogen (secondary N) is 1. The number of thiophene rings is 1. The largest absolute Gasteiger partial charge is 0.462 e. The quantitative estimate of drug-likeness (QED) is 0.643. The number of benzene rings is 1. The first kappa shape index (κ1) is 19.2. The van der Waals surface area contributed by atoms with Crippen molar-refractivity contribution in [3.05, 3.63) is 62.0 Å². The van der Waals surface area contributed by atoms with Crippen LogP contribution in [0.25, 0.3) is 21.3 Å². The summed E-state index contributed by atoms with van der Waals surface area (Å²) in [4.78, 5) is 31.9. The highest BCUT2D eigenvalue weighted by Crippen LogP contribution is 2.29. The molecule has 0 aliphatic rings. The maximum atomic E-state index is 13.3. The fraction of sp³-hybridized carbons (Fsp3) is 0.167. The molecule has 0 atom stereocenters. The first-order valence-electron chi connectivity index (χ1n) is 7.85. The van der Waals surface area contributed by atoms with E-state index < -0.39 is 23.2 Å². The number of nitrogens with zero attached hydrogens (tertiary/aromatic N) is 1. The van der Waals surface area contributed by atoms with E-state index in [0.29, 0.717) is 20.8 Å². The lowest BCUT2D eigenvalue weighted by Crippen LogP contribution is -2.11. The second-order valence-corrected chi connectivity index (χ2v) is 6.94. The third kappa shape index (κ3) is 3.77. The molecule has 1 aromatic carbocycles. The summed E-state index contributed by atoms with van der Waals surface area (Å²) >= 11 is 7.22. The first-order chi connectivity index (χ1) is 12.8. The zero-order chi connectivity index (χ0) is 19.7. The predicted octanol–water partition coefficient (Wildman–Crippen LogP) is 4.48. The van der Waals surface area contributed by atoms with E-state index in [0.717, 1.165) is 23.5 Å². The minimum absolute atomic E-state index is 0.0312. The van der Waals surface area contributed by atoms with Gasteiger partial charge in [0.15, 0.2) is 17.5 Å². The number of aryl methyl sites for hydroxylation is 1. The number of hydrogen-bond donors (Lipinski definition) is 1. The molecule has 0 amide bonds. The molecule has 2 heterocycles. The predicted molar refractivity (Wildman–Crippen MR) is 101 cm³/mol. The Morgan fingerprint density at radius 1 is 1.37 bits per heavy atom. The van der Waals surface area contributed by atoms with Gasteiger partial charge in [0.1, 0.15) is 9.71 Å². The van der Waals surface area contributed by atoms with Gasteiger partial charge in [-0.1, -0.05) is 17.7 Å². The van der Waals surface area contributed by atoms with Crippen LogP contribution in [0.2, 0.25) is 0 Å². The molecule has 140 valence electrons. The van der Waals surface area contributed by atoms with E-state index in [1.165, 1.54) is 12.1 Å². The molecular formula is C18H13ClF2N2O3S. The van der Waals surface area contributed by atoms with Crippen LogP contribution in [0.15, 0.2) is 23.0 Å². The van der Waals surface area contributed by atoms with E-state index in [-0.39, 0.29) is 22.8 Å². The Morgan fingerprint density at radius 3 is 2.78 bits per heavy atom. The molecule has 0 unspecified atom stereocenters. The summed E-state index contributed by atoms with van der Waals surface area (Å²) in [6, 6.07) is 3.28. The Labute approximate surface area is 161 Å². The van der Waals surface area contributed by atoms with Crippen LogP contribution >= 0.6 is 22.9 Å². The fourth-order valence-corrected chi connectivity index (χ4v) is 3.76. The zero-order valence-electron chi connectivity index (χ0n) is 14.2. The topological polar surface area (TPSA) is 72.0 Å². The van der Waals surface area contributed by atoms with E-state index in [9.17, 15) is 18.4 Å². The zero-order valence-corrected chi connectivity index (χ0v) is 15.8. The average Bonchev–Trinajstić information content (AvgIpc) is 2.95. The van der Waals surface area contributed by atoms with E-state index in [2.05, 4.69) is 9.97 Å². The molecule has 0 radical (unpaired) electrons. The molecule has 3 aromatic rings. The molecule has 0 fully saturated rings. The Kier molecular flexibility index (Phi) is 5.38. The van der Waals surface area contributed by atoms with Crippen LogP contribution < -0.4 is 5.56 Å². The van der Waals surface area contributed by atoms with Crippen LogP contribution in [0, 0.1) is 18.6 Å². The Balaban J connectivity index is 2.07. The number of carbonyl (C=O) groups is 1. The summed E-state index contributed by atoms with van der Waals surface area (Å²) in [5, 5.41) is 0.313. The Hall–Kier alpha value is -2.58. The molecule has 0 saturated heterocycles. The molecule has 27 heavy (non-hydrogen) atoms. The molecular weight excluding hydrogens is 398 g/mol. The van der Waals surface area contributed by atoms with Crippen molar-refractivity contribution in [2.24, 2.45) is 0 Å². The normalized spacial score (nSPS) is 11.8. The number of esters is 1. The number of halogens is 3. The van der Waals surface area contributed by atoms with Crippen LogP contribution in [0.1, 0.15) is 33.5 Å². The molecule has 0 saturated carbocycles. The van der Waals surface area contributed by atoms with Crippen molar-refractivity contribution in [3.63, 3.8) is 0 Å². The van der Waals surface area contributed by atoms with Gasteiger partial charge in [0.2, 0.25) is 0 Å². The highest BCUT2D eigenvalue weighted by atomic mass is 35.5. The monoisotopic (exact) mass is 410 g/mol. The summed E-state index contributed by atoms with van der Waals surface area (Å²) in [6.07, 6.45) is 1.35. The number of aromatic nitrogens is 2. The van der Waals surface area contributed by atoms with Gasteiger partial charge < -0.3 is 9.72 Å². The van der Waals surface area contributed by atoms with Crippen molar-refractivity contribution in [2.75, 3.05) is 6.61 Å². The van der Waals surface area contributed by atoms with Crippen molar-refractivity contribution in [1.29, 1.82) is 0 Å². The molecule has 1 N–H and O–H groups in total. The third-order valence-corrected chi connectivity index (χ3v) is 5.18. The van der Waals surface area contributed by atoms with Gasteiger partial charge in [0.25, 0.3) is 5.56 Å². The Bertz CT molecular complexity index is 1140. The van der Waals surface area contributed by atoms with E-state index in [1.54, 1.807) is 13.8 Å². The van der Waals surface area contributed by atoms with Gasteiger partial charge in [-0.15, -0.1) is 11.3 Å². The van der Waals surface area contributed by atoms with Gasteiger partial charge in [-0.2, -0.15) is 0 Å². The van der Waals surface area contributed by atoms with Gasteiger partial charge in [0, 0.05) is 0 Å². The summed E-state index contributed by atoms with van der Waals surface area (Å²) in [7, 11) is 0. The maximum Gasteiger partial charge on any atom is 0.348 e. The first-order valence-corrected chi connectivity index (χ1v) is 9.04. The van der Waals surface area contributed by atoms with Crippen molar-refractivity contribution >= 4 is 50.2 Å². The summed E-state index contributed by atoms with van der Waals surface area (Å²) in [5.74, 6) is -2.47. The van der Waals surface area contributed by atoms with Gasteiger partial charge in [-0.25, -0.2) is 18.6 Å². The molecule has 3 rings (SSSR count). The lowest BCUT2D eigenvalue weighted by Gasteiger charge is -2.01. The second-order valence-electron chi connectivity index (χ2n) is 5.54. The van der Waals surface area contributed by atoms with Crippen molar-refractivity contribution in [1.82, 2.24) is 9.97 Å². The lowest BCUT2D eigenvalue weighted by molar-refractivity contribution is 0.0531. The number of fused-ring (bicyclic) bond motifs is 1. The summed E-state index contributed by atoms with van der Waals surface area (Å²) in [6.45, 7) is 3.54. The number of carbonyl (C=O) groups excluding carboxylic acids is 1. The van der Waals surface area contributed by atoms with E-state index in [4.69, 9.17) is 16.3 Å². The minimum Gasteiger partial charge on any atom is -0.462 e. The van der Waals surface area contributed by atoms with Gasteiger partial charge in [-0.3, -0.25) is 4.79 Å². The molecule has 9 heteroatoms. The number of hydrogen-bond acceptors (Lipinski definition) is 5. The highest BCUT2D eigenvalue weighted by Gasteiger charge is 2.20. The number of rotatable bonds is 4. The summed E-state index contributed by atoms with van der Waals surface area (Å²) < 4.78 is 31.3. The lowest BCUT2D eigenvalue weighted by atomic mass is 10.2. The van der Waals surface area contributed by atoms with Crippen molar-refractivity contribution in [3.8, 4) is 0 Å². The van der Waals surface area contributed by atoms with Crippen molar-refractivity contribution in [2.45, 2.75) is 13.8 Å². The fourth-order valence-electron chi connectivity index (χ4n) is 2.47. The van der Waals surface area contributed by atoms with Crippen molar-refractivity contribution < 1.29 is 18.3 Å². The molecule has 2 aromatic heterocycles. The van der Waals surface area contributed by atoms with Crippen LogP contribution in [-0.2, 0) is 4.74 Å². The molecule has 0 aliphatic heterocycles. The number of aromatic amines is 1. The van der Waals surface area contributed by atoms with Crippen LogP contribution in [0.5, 0.6) is 0 Å². The van der Waals surface area contributed by atoms with Crippen LogP contribution in [0.4, 0.5) is 8.78 Å². The van der Waals surface area contributed by atoms with Crippen LogP contribution in [0.3, 0.4) is 0 Å². The second kappa shape index (κ2) is 7.58. The molecule has 0 aliphatic carbocycles. The van der Waals surface area contributed by atoms with Gasteiger partial charge >= 0.3 is 5.97 Å². The minimum atomic E-state index is -1.02. The van der Waals surface area contributed by atoms with E-state index >= 15 is 0 Å². The molecule has 0 spiro atoms. The standard InChI is InChI=1S/C18H13ClF2N2O3S/c1-3-26-18(25)14-8(2)13-16(24)22-15(23-17(13)27-14)10(19)6-9-4-5-11(20)12(21)7-9/h4-7H,3H2,1-2H3,(H,22,23,24)/b10-6-. The van der Waals surface area contributed by atoms with Gasteiger partial charge in [-0.05, 0) is 43.2 Å². The molecule has 5 nitrogen and oxygen atoms in total. The SMILES string of the molecule is CCOC(=O)c1sc2nc(/C(Cl)=C/c3ccc(F)c(F)c3)[nH]c(=O)c2c1C. The summed E-state index contributed by atoms with van der Waals surface area (Å²) in [5.41, 5.74) is 0.321. The highest BCUT2D eigenvalue weighted by molar-refractivity contribution is 7.20. The van der Waals surface area contributed by atoms with E-state index in [1.807, 2.05) is 0 Å². The average molecular weight is 411 g/mol. The molecule has 0 bridgehead atoms. The smallest absolute Gasteiger partial charge is 0.348 e. The number of ether oxygens (including phenoxy) is 1. The van der Waals surface area contributed by atoms with Crippen LogP contribution in [-0.4, -0.2) is 22.5 Å². The Morgan fingerprint density at radius 2 is 2.11 bits per heavy atom. The maximum absolute atomic E-state index is 13.3. The van der Waals surface area contributed by atoms with Gasteiger partial charge in [0.05, 0.1) is 17.0 Å². The third-order valence-electron chi connectivity index (χ3n) is 3.72.